The predicted molar refractivity (Wildman–Crippen MR) is 73.6 cm³/mol. The van der Waals surface area contributed by atoms with E-state index in [-0.39, 0.29) is 0 Å². The van der Waals surface area contributed by atoms with E-state index in [1.165, 1.54) is 5.56 Å². The first-order valence-corrected chi connectivity index (χ1v) is 6.03. The quantitative estimate of drug-likeness (QED) is 0.523. The Morgan fingerprint density at radius 3 is 2.12 bits per heavy atom. The zero-order chi connectivity index (χ0) is 12.6. The smallest absolute Gasteiger partial charge is 0.0716 e. The van der Waals surface area contributed by atoms with Crippen molar-refractivity contribution in [3.8, 4) is 0 Å². The van der Waals surface area contributed by atoms with Gasteiger partial charge in [-0.15, -0.1) is 6.58 Å². The monoisotopic (exact) mass is 222 g/mol. The molecule has 16 heavy (non-hydrogen) atoms. The number of ether oxygens (including phenoxy) is 1. The van der Waals surface area contributed by atoms with E-state index in [4.69, 9.17) is 4.74 Å². The van der Waals surface area contributed by atoms with E-state index >= 15 is 0 Å². The lowest BCUT2D eigenvalue weighted by molar-refractivity contribution is 0.121. The highest BCUT2D eigenvalue weighted by Crippen LogP contribution is 2.00. The fraction of sp³-hybridized carbons (Fsp3) is 0.467. The summed E-state index contributed by atoms with van der Waals surface area (Å²) in [7, 11) is 0. The van der Waals surface area contributed by atoms with Crippen LogP contribution in [-0.2, 0) is 11.3 Å². The highest BCUT2D eigenvalue weighted by Gasteiger charge is 1.88. The zero-order valence-corrected chi connectivity index (χ0v) is 11.2. The summed E-state index contributed by atoms with van der Waals surface area (Å²) in [6.45, 7) is 13.0. The van der Waals surface area contributed by atoms with Crippen molar-refractivity contribution in [1.29, 1.82) is 0 Å². The molecular formula is C15H26O. The third kappa shape index (κ3) is 12.9. The second kappa shape index (κ2) is 16.4. The topological polar surface area (TPSA) is 9.23 Å². The van der Waals surface area contributed by atoms with Crippen LogP contribution in [0.5, 0.6) is 0 Å². The Labute approximate surface area is 101 Å². The van der Waals surface area contributed by atoms with Gasteiger partial charge in [0.15, 0.2) is 0 Å². The first-order chi connectivity index (χ1) is 7.85. The zero-order valence-electron chi connectivity index (χ0n) is 11.2. The van der Waals surface area contributed by atoms with Gasteiger partial charge in [-0.2, -0.15) is 0 Å². The minimum absolute atomic E-state index is 0.745. The molecule has 0 spiro atoms. The first kappa shape index (κ1) is 17.3. The van der Waals surface area contributed by atoms with Crippen molar-refractivity contribution in [2.75, 3.05) is 6.61 Å². The number of benzene rings is 1. The lowest BCUT2D eigenvalue weighted by Crippen LogP contribution is -1.92. The number of rotatable bonds is 4. The van der Waals surface area contributed by atoms with E-state index in [1.807, 2.05) is 39.0 Å². The van der Waals surface area contributed by atoms with Gasteiger partial charge in [0, 0.05) is 6.61 Å². The van der Waals surface area contributed by atoms with Crippen LogP contribution in [-0.4, -0.2) is 6.61 Å². The molecule has 0 atom stereocenters. The molecule has 1 rings (SSSR count). The molecule has 0 aliphatic rings. The van der Waals surface area contributed by atoms with Crippen LogP contribution in [0.3, 0.4) is 0 Å². The molecule has 0 bridgehead atoms. The average Bonchev–Trinajstić information content (AvgIpc) is 2.34. The molecule has 0 radical (unpaired) electrons. The Morgan fingerprint density at radius 2 is 1.69 bits per heavy atom. The summed E-state index contributed by atoms with van der Waals surface area (Å²) in [4.78, 5) is 0. The van der Waals surface area contributed by atoms with Gasteiger partial charge in [0.05, 0.1) is 6.61 Å². The molecule has 0 fully saturated rings. The maximum Gasteiger partial charge on any atom is 0.0716 e. The van der Waals surface area contributed by atoms with Crippen LogP contribution in [0, 0.1) is 0 Å². The molecule has 92 valence electrons. The molecule has 0 unspecified atom stereocenters. The van der Waals surface area contributed by atoms with E-state index in [2.05, 4.69) is 25.6 Å². The minimum Gasteiger partial charge on any atom is -0.377 e. The van der Waals surface area contributed by atoms with Crippen LogP contribution in [0.15, 0.2) is 43.0 Å². The van der Waals surface area contributed by atoms with Crippen molar-refractivity contribution in [3.05, 3.63) is 48.6 Å². The van der Waals surface area contributed by atoms with E-state index in [1.54, 1.807) is 6.08 Å². The van der Waals surface area contributed by atoms with Crippen molar-refractivity contribution >= 4 is 0 Å². The largest absolute Gasteiger partial charge is 0.377 e. The number of hydrogen-bond donors (Lipinski definition) is 0. The van der Waals surface area contributed by atoms with Gasteiger partial charge in [0.2, 0.25) is 0 Å². The van der Waals surface area contributed by atoms with Gasteiger partial charge >= 0.3 is 0 Å². The van der Waals surface area contributed by atoms with Crippen LogP contribution in [0.2, 0.25) is 0 Å². The molecule has 0 saturated heterocycles. The van der Waals surface area contributed by atoms with Gasteiger partial charge < -0.3 is 4.74 Å². The maximum atomic E-state index is 5.37. The number of hydrogen-bond acceptors (Lipinski definition) is 1. The van der Waals surface area contributed by atoms with Gasteiger partial charge in [-0.05, 0) is 18.9 Å². The van der Waals surface area contributed by atoms with E-state index in [9.17, 15) is 0 Å². The van der Waals surface area contributed by atoms with Crippen LogP contribution in [0.25, 0.3) is 0 Å². The molecule has 0 aliphatic heterocycles. The van der Waals surface area contributed by atoms with Crippen molar-refractivity contribution in [2.45, 2.75) is 40.7 Å². The summed E-state index contributed by atoms with van der Waals surface area (Å²) in [5, 5.41) is 0. The molecule has 0 aromatic heterocycles. The van der Waals surface area contributed by atoms with E-state index in [0.29, 0.717) is 0 Å². The average molecular weight is 222 g/mol. The summed E-state index contributed by atoms with van der Waals surface area (Å²) in [6, 6.07) is 10.2. The second-order valence-electron chi connectivity index (χ2n) is 2.95. The van der Waals surface area contributed by atoms with Crippen LogP contribution in [0.1, 0.15) is 39.7 Å². The van der Waals surface area contributed by atoms with E-state index in [0.717, 1.165) is 19.6 Å². The second-order valence-corrected chi connectivity index (χ2v) is 2.95. The summed E-state index contributed by atoms with van der Waals surface area (Å²) < 4.78 is 5.37. The van der Waals surface area contributed by atoms with Crippen molar-refractivity contribution in [1.82, 2.24) is 0 Å². The number of allylic oxidation sites excluding steroid dienone is 1. The third-order valence-corrected chi connectivity index (χ3v) is 1.46. The summed E-state index contributed by atoms with van der Waals surface area (Å²) in [5.74, 6) is 0. The lowest BCUT2D eigenvalue weighted by atomic mass is 10.2. The molecule has 1 aromatic rings. The van der Waals surface area contributed by atoms with Gasteiger partial charge in [-0.25, -0.2) is 0 Å². The first-order valence-electron chi connectivity index (χ1n) is 6.03. The highest BCUT2D eigenvalue weighted by molar-refractivity contribution is 5.13. The SMILES string of the molecule is C=CC.CC.CCCOCc1ccccc1. The van der Waals surface area contributed by atoms with E-state index < -0.39 is 0 Å². The lowest BCUT2D eigenvalue weighted by Gasteiger charge is -2.00. The molecule has 1 nitrogen and oxygen atoms in total. The summed E-state index contributed by atoms with van der Waals surface area (Å²) >= 11 is 0. The predicted octanol–water partition coefficient (Wildman–Crippen LogP) is 4.83. The van der Waals surface area contributed by atoms with Crippen molar-refractivity contribution in [3.63, 3.8) is 0 Å². The standard InChI is InChI=1S/C10H14O.C3H6.C2H6/c1-2-8-11-9-10-6-4-3-5-7-10;1-3-2;1-2/h3-7H,2,8-9H2,1H3;3H,1H2,2H3;1-2H3. The summed E-state index contributed by atoms with van der Waals surface area (Å²) in [6.07, 6.45) is 2.84. The van der Waals surface area contributed by atoms with Crippen molar-refractivity contribution in [2.24, 2.45) is 0 Å². The molecule has 0 aliphatic carbocycles. The molecule has 0 N–H and O–H groups in total. The fourth-order valence-corrected chi connectivity index (χ4v) is 0.909. The van der Waals surface area contributed by atoms with Crippen molar-refractivity contribution < 1.29 is 4.74 Å². The Bertz CT molecular complexity index is 216. The summed E-state index contributed by atoms with van der Waals surface area (Å²) in [5.41, 5.74) is 1.25. The molecule has 0 saturated carbocycles. The third-order valence-electron chi connectivity index (χ3n) is 1.46. The van der Waals surface area contributed by atoms with Crippen LogP contribution in [0.4, 0.5) is 0 Å². The van der Waals surface area contributed by atoms with Crippen LogP contribution >= 0.6 is 0 Å². The minimum atomic E-state index is 0.745. The Hall–Kier alpha value is -1.08. The molecule has 1 aromatic carbocycles. The highest BCUT2D eigenvalue weighted by atomic mass is 16.5. The molecule has 0 amide bonds. The van der Waals surface area contributed by atoms with Crippen LogP contribution < -0.4 is 0 Å². The Kier molecular flexibility index (Phi) is 17.7. The maximum absolute atomic E-state index is 5.37. The van der Waals surface area contributed by atoms with Gasteiger partial charge in [-0.3, -0.25) is 0 Å². The molecule has 0 heterocycles. The normalized spacial score (nSPS) is 8.00. The Morgan fingerprint density at radius 1 is 1.19 bits per heavy atom. The molecular weight excluding hydrogens is 196 g/mol. The van der Waals surface area contributed by atoms with Gasteiger partial charge in [-0.1, -0.05) is 57.2 Å². The van der Waals surface area contributed by atoms with Gasteiger partial charge in [0.1, 0.15) is 0 Å². The van der Waals surface area contributed by atoms with Gasteiger partial charge in [0.25, 0.3) is 0 Å². The molecule has 1 heteroatoms. The fourth-order valence-electron chi connectivity index (χ4n) is 0.909. The Balaban J connectivity index is 0.